The molecule has 1 fully saturated rings. The van der Waals surface area contributed by atoms with E-state index in [9.17, 15) is 13.2 Å². The average Bonchev–Trinajstić information content (AvgIpc) is 3.38. The molecule has 1 saturated carbocycles. The van der Waals surface area contributed by atoms with E-state index in [1.807, 2.05) is 0 Å². The molecule has 140 valence electrons. The fourth-order valence-electron chi connectivity index (χ4n) is 2.55. The van der Waals surface area contributed by atoms with E-state index < -0.39 is 10.0 Å². The summed E-state index contributed by atoms with van der Waals surface area (Å²) in [5.41, 5.74) is 0.294. The number of amides is 1. The largest absolute Gasteiger partial charge is 0.307 e. The molecule has 0 saturated heterocycles. The predicted octanol–water partition coefficient (Wildman–Crippen LogP) is 2.62. The zero-order valence-electron chi connectivity index (χ0n) is 14.8. The van der Waals surface area contributed by atoms with Crippen molar-refractivity contribution >= 4 is 21.7 Å². The Balaban J connectivity index is 1.71. The van der Waals surface area contributed by atoms with Crippen LogP contribution in [0.2, 0.25) is 0 Å². The Labute approximate surface area is 153 Å². The minimum Gasteiger partial charge on any atom is -0.307 e. The van der Waals surface area contributed by atoms with Gasteiger partial charge in [0.15, 0.2) is 0 Å². The van der Waals surface area contributed by atoms with Crippen LogP contribution in [0.5, 0.6) is 0 Å². The van der Waals surface area contributed by atoms with E-state index in [1.165, 1.54) is 12.1 Å². The van der Waals surface area contributed by atoms with Gasteiger partial charge in [-0.05, 0) is 43.4 Å². The molecule has 0 radical (unpaired) electrons. The molecule has 3 rings (SSSR count). The van der Waals surface area contributed by atoms with Crippen LogP contribution in [0.3, 0.4) is 0 Å². The Bertz CT molecular complexity index is 872. The number of nitrogens with zero attached hydrogens (tertiary/aromatic N) is 2. The third-order valence-electron chi connectivity index (χ3n) is 4.35. The van der Waals surface area contributed by atoms with E-state index in [-0.39, 0.29) is 10.8 Å². The molecule has 7 nitrogen and oxygen atoms in total. The van der Waals surface area contributed by atoms with Gasteiger partial charge in [0.2, 0.25) is 10.0 Å². The molecule has 1 aromatic carbocycles. The molecule has 2 N–H and O–H groups in total. The molecule has 0 aliphatic heterocycles. The fraction of sp³-hybridized carbons (Fsp3) is 0.444. The summed E-state index contributed by atoms with van der Waals surface area (Å²) < 4.78 is 29.1. The van der Waals surface area contributed by atoms with Gasteiger partial charge in [0.1, 0.15) is 5.82 Å². The van der Waals surface area contributed by atoms with E-state index in [2.05, 4.69) is 22.1 Å². The van der Waals surface area contributed by atoms with Gasteiger partial charge in [-0.25, -0.2) is 17.8 Å². The maximum Gasteiger partial charge on any atom is 0.256 e. The Kier molecular flexibility index (Phi) is 5.73. The summed E-state index contributed by atoms with van der Waals surface area (Å²) in [4.78, 5) is 12.6. The summed E-state index contributed by atoms with van der Waals surface area (Å²) in [6, 6.07) is 7.80. The second-order valence-corrected chi connectivity index (χ2v) is 8.34. The summed E-state index contributed by atoms with van der Waals surface area (Å²) in [5.74, 6) is 0.686. The smallest absolute Gasteiger partial charge is 0.256 e. The Morgan fingerprint density at radius 3 is 2.85 bits per heavy atom. The summed E-state index contributed by atoms with van der Waals surface area (Å²) in [6.45, 7) is 3.26. The lowest BCUT2D eigenvalue weighted by Gasteiger charge is -2.10. The van der Waals surface area contributed by atoms with Crippen molar-refractivity contribution in [3.05, 3.63) is 42.1 Å². The first-order valence-electron chi connectivity index (χ1n) is 8.92. The first-order valence-corrected chi connectivity index (χ1v) is 10.4. The zero-order valence-corrected chi connectivity index (χ0v) is 15.6. The van der Waals surface area contributed by atoms with Crippen LogP contribution in [0.15, 0.2) is 41.4 Å². The second-order valence-electron chi connectivity index (χ2n) is 6.57. The van der Waals surface area contributed by atoms with Crippen molar-refractivity contribution in [1.29, 1.82) is 0 Å². The minimum absolute atomic E-state index is 0.102. The van der Waals surface area contributed by atoms with Crippen LogP contribution in [0.1, 0.15) is 43.0 Å². The van der Waals surface area contributed by atoms with Gasteiger partial charge in [0.05, 0.1) is 11.1 Å². The van der Waals surface area contributed by atoms with Crippen molar-refractivity contribution in [1.82, 2.24) is 14.5 Å². The number of aromatic nitrogens is 2. The number of anilines is 1. The first-order chi connectivity index (χ1) is 12.5. The molecule has 0 bridgehead atoms. The van der Waals surface area contributed by atoms with E-state index in [0.717, 1.165) is 32.2 Å². The Morgan fingerprint density at radius 2 is 2.12 bits per heavy atom. The van der Waals surface area contributed by atoms with Crippen LogP contribution in [0.25, 0.3) is 0 Å². The van der Waals surface area contributed by atoms with E-state index >= 15 is 0 Å². The molecule has 1 heterocycles. The van der Waals surface area contributed by atoms with E-state index in [4.69, 9.17) is 0 Å². The van der Waals surface area contributed by atoms with Gasteiger partial charge in [-0.3, -0.25) is 4.79 Å². The molecule has 0 spiro atoms. The van der Waals surface area contributed by atoms with Gasteiger partial charge in [-0.1, -0.05) is 19.4 Å². The minimum atomic E-state index is -3.60. The lowest BCUT2D eigenvalue weighted by atomic mass is 10.2. The maximum atomic E-state index is 12.5. The Morgan fingerprint density at radius 1 is 1.31 bits per heavy atom. The number of aryl methyl sites for hydroxylation is 1. The average molecular weight is 376 g/mol. The van der Waals surface area contributed by atoms with Gasteiger partial charge >= 0.3 is 0 Å². The molecule has 1 aliphatic rings. The highest BCUT2D eigenvalue weighted by Gasteiger charge is 2.24. The van der Waals surface area contributed by atoms with Crippen molar-refractivity contribution in [2.75, 3.05) is 11.9 Å². The maximum absolute atomic E-state index is 12.5. The lowest BCUT2D eigenvalue weighted by Crippen LogP contribution is -2.26. The van der Waals surface area contributed by atoms with Crippen molar-refractivity contribution in [2.24, 2.45) is 5.92 Å². The molecule has 8 heteroatoms. The second kappa shape index (κ2) is 8.01. The lowest BCUT2D eigenvalue weighted by molar-refractivity contribution is 0.102. The Hall–Kier alpha value is -2.19. The number of nitrogens with one attached hydrogen (secondary N) is 2. The standard InChI is InChI=1S/C18H24N4O3S/c1-2-3-11-22-17(9-10-19-22)21-18(23)15-5-4-6-16(12-15)26(24,25)20-13-14-7-8-14/h4-6,9-10,12,14,20H,2-3,7-8,11,13H2,1H3,(H,21,23). The highest BCUT2D eigenvalue weighted by atomic mass is 32.2. The van der Waals surface area contributed by atoms with E-state index in [1.54, 1.807) is 29.1 Å². The highest BCUT2D eigenvalue weighted by molar-refractivity contribution is 7.89. The van der Waals surface area contributed by atoms with Crippen molar-refractivity contribution in [3.63, 3.8) is 0 Å². The number of rotatable bonds is 9. The number of unbranched alkanes of at least 4 members (excludes halogenated alkanes) is 1. The van der Waals surface area contributed by atoms with Crippen LogP contribution in [-0.2, 0) is 16.6 Å². The highest BCUT2D eigenvalue weighted by Crippen LogP contribution is 2.28. The first kappa shape index (κ1) is 18.6. The SMILES string of the molecule is CCCCn1nccc1NC(=O)c1cccc(S(=O)(=O)NCC2CC2)c1. The van der Waals surface area contributed by atoms with Crippen LogP contribution < -0.4 is 10.0 Å². The molecular formula is C18H24N4O3S. The molecule has 1 aliphatic carbocycles. The van der Waals surface area contributed by atoms with Crippen LogP contribution in [-0.4, -0.2) is 30.7 Å². The third kappa shape index (κ3) is 4.70. The van der Waals surface area contributed by atoms with Crippen LogP contribution in [0, 0.1) is 5.92 Å². The molecule has 0 unspecified atom stereocenters. The molecule has 1 amide bonds. The van der Waals surface area contributed by atoms with Gasteiger partial charge in [0, 0.05) is 24.7 Å². The summed E-state index contributed by atoms with van der Waals surface area (Å²) in [5, 5.41) is 7.00. The quantitative estimate of drug-likeness (QED) is 0.703. The summed E-state index contributed by atoms with van der Waals surface area (Å²) >= 11 is 0. The predicted molar refractivity (Wildman–Crippen MR) is 99.4 cm³/mol. The normalized spacial score (nSPS) is 14.3. The number of hydrogen-bond donors (Lipinski definition) is 2. The van der Waals surface area contributed by atoms with Crippen molar-refractivity contribution < 1.29 is 13.2 Å². The number of benzene rings is 1. The van der Waals surface area contributed by atoms with Gasteiger partial charge in [0.25, 0.3) is 5.91 Å². The van der Waals surface area contributed by atoms with Crippen LogP contribution in [0.4, 0.5) is 5.82 Å². The number of carbonyl (C=O) groups is 1. The summed E-state index contributed by atoms with van der Waals surface area (Å²) in [6.07, 6.45) is 5.76. The zero-order chi connectivity index (χ0) is 18.6. The molecule has 1 aromatic heterocycles. The molecular weight excluding hydrogens is 352 g/mol. The number of sulfonamides is 1. The molecule has 0 atom stereocenters. The van der Waals surface area contributed by atoms with Crippen LogP contribution >= 0.6 is 0 Å². The number of hydrogen-bond acceptors (Lipinski definition) is 4. The number of carbonyl (C=O) groups excluding carboxylic acids is 1. The van der Waals surface area contributed by atoms with Crippen molar-refractivity contribution in [2.45, 2.75) is 44.0 Å². The van der Waals surface area contributed by atoms with Gasteiger partial charge < -0.3 is 5.32 Å². The van der Waals surface area contributed by atoms with Gasteiger partial charge in [-0.15, -0.1) is 0 Å². The molecule has 2 aromatic rings. The topological polar surface area (TPSA) is 93.1 Å². The molecule has 26 heavy (non-hydrogen) atoms. The van der Waals surface area contributed by atoms with Gasteiger partial charge in [-0.2, -0.15) is 5.10 Å². The van der Waals surface area contributed by atoms with Crippen molar-refractivity contribution in [3.8, 4) is 0 Å². The third-order valence-corrected chi connectivity index (χ3v) is 5.77. The summed E-state index contributed by atoms with van der Waals surface area (Å²) in [7, 11) is -3.60. The monoisotopic (exact) mass is 376 g/mol. The fourth-order valence-corrected chi connectivity index (χ4v) is 3.71. The van der Waals surface area contributed by atoms with E-state index in [0.29, 0.717) is 23.8 Å².